The topological polar surface area (TPSA) is 0 Å². The molecular formula is C41H76Si2Ti. The van der Waals surface area contributed by atoms with Gasteiger partial charge >= 0.3 is 226 Å². The molecule has 0 heterocycles. The summed E-state index contributed by atoms with van der Waals surface area (Å²) in [6, 6.07) is 9.31. The van der Waals surface area contributed by atoms with E-state index in [0.717, 1.165) is 0 Å². The van der Waals surface area contributed by atoms with Crippen LogP contribution in [0, 0.1) is 6.92 Å². The molecule has 1 aliphatic carbocycles. The Morgan fingerprint density at radius 1 is 0.568 bits per heavy atom. The summed E-state index contributed by atoms with van der Waals surface area (Å²) in [5.41, 5.74) is 6.49. The maximum atomic E-state index is 2.81. The summed E-state index contributed by atoms with van der Waals surface area (Å²) in [5.74, 6) is 0. The van der Waals surface area contributed by atoms with Crippen molar-refractivity contribution in [3.63, 3.8) is 0 Å². The second-order valence-electron chi connectivity index (χ2n) is 17.3. The quantitative estimate of drug-likeness (QED) is 0.0900. The summed E-state index contributed by atoms with van der Waals surface area (Å²) in [6.07, 6.45) is 23.1. The minimum absolute atomic E-state index is 0.249. The van der Waals surface area contributed by atoms with E-state index < -0.39 is 32.7 Å². The van der Waals surface area contributed by atoms with E-state index in [9.17, 15) is 0 Å². The molecular weight excluding hydrogens is 596 g/mol. The first-order valence-corrected chi connectivity index (χ1v) is 30.7. The summed E-state index contributed by atoms with van der Waals surface area (Å²) in [6.45, 7) is 25.3. The zero-order valence-corrected chi connectivity index (χ0v) is 35.8. The second kappa shape index (κ2) is 17.8. The summed E-state index contributed by atoms with van der Waals surface area (Å²) in [5, 5.41) is 11.7. The molecule has 252 valence electrons. The van der Waals surface area contributed by atoms with E-state index in [0.29, 0.717) is 0 Å². The van der Waals surface area contributed by atoms with E-state index in [1.807, 2.05) is 3.88 Å². The van der Waals surface area contributed by atoms with Crippen LogP contribution in [0.15, 0.2) is 38.8 Å². The number of unbranched alkanes of at least 4 members (excludes halogenated alkanes) is 15. The van der Waals surface area contributed by atoms with E-state index in [-0.39, 0.29) is 5.04 Å². The van der Waals surface area contributed by atoms with Crippen LogP contribution in [0.4, 0.5) is 0 Å². The Hall–Kier alpha value is -0.152. The van der Waals surface area contributed by atoms with Gasteiger partial charge in [0, 0.05) is 0 Å². The fraction of sp³-hybridized carbons (Fsp3) is 0.756. The first-order valence-electron chi connectivity index (χ1n) is 19.0. The van der Waals surface area contributed by atoms with Crippen LogP contribution in [-0.4, -0.2) is 16.1 Å². The first-order chi connectivity index (χ1) is 20.5. The Bertz CT molecular complexity index is 1100. The Kier molecular flexibility index (Phi) is 16.2. The van der Waals surface area contributed by atoms with Crippen molar-refractivity contribution in [1.82, 2.24) is 0 Å². The van der Waals surface area contributed by atoms with E-state index in [4.69, 9.17) is 0 Å². The fourth-order valence-electron chi connectivity index (χ4n) is 8.65. The maximum absolute atomic E-state index is 2.81. The molecule has 1 aromatic carbocycles. The molecule has 44 heavy (non-hydrogen) atoms. The average Bonchev–Trinajstić information content (AvgIpc) is 3.12. The van der Waals surface area contributed by atoms with Crippen molar-refractivity contribution < 1.29 is 16.6 Å². The van der Waals surface area contributed by atoms with Gasteiger partial charge in [0.25, 0.3) is 0 Å². The van der Waals surface area contributed by atoms with Crippen LogP contribution in [0.1, 0.15) is 143 Å². The number of allylic oxidation sites excluding steroid dienone is 4. The van der Waals surface area contributed by atoms with Gasteiger partial charge in [0.05, 0.1) is 0 Å². The van der Waals surface area contributed by atoms with Gasteiger partial charge in [-0.2, -0.15) is 0 Å². The number of aryl methyl sites for hydroxylation is 1. The van der Waals surface area contributed by atoms with Gasteiger partial charge < -0.3 is 0 Å². The van der Waals surface area contributed by atoms with Crippen LogP contribution in [-0.2, 0) is 16.6 Å². The monoisotopic (exact) mass is 672 g/mol. The Morgan fingerprint density at radius 3 is 1.39 bits per heavy atom. The third-order valence-electron chi connectivity index (χ3n) is 11.7. The van der Waals surface area contributed by atoms with Gasteiger partial charge in [0.15, 0.2) is 0 Å². The molecule has 0 spiro atoms. The third-order valence-corrected chi connectivity index (χ3v) is 23.6. The zero-order chi connectivity index (χ0) is 33.2. The van der Waals surface area contributed by atoms with Crippen LogP contribution < -0.4 is 10.4 Å². The molecule has 1 aromatic rings. The molecule has 3 heteroatoms. The molecule has 0 aromatic heterocycles. The molecule has 0 fully saturated rings. The van der Waals surface area contributed by atoms with Gasteiger partial charge in [-0.05, 0) is 0 Å². The Morgan fingerprint density at radius 2 is 0.977 bits per heavy atom. The zero-order valence-electron chi connectivity index (χ0n) is 32.3. The molecule has 0 saturated carbocycles. The number of hydrogen-bond donors (Lipinski definition) is 0. The average molecular weight is 673 g/mol. The van der Waals surface area contributed by atoms with Crippen molar-refractivity contribution >= 4 is 26.5 Å². The van der Waals surface area contributed by atoms with Crippen LogP contribution in [0.2, 0.25) is 53.0 Å². The van der Waals surface area contributed by atoms with Gasteiger partial charge in [0.2, 0.25) is 0 Å². The van der Waals surface area contributed by atoms with Crippen LogP contribution >= 0.6 is 0 Å². The van der Waals surface area contributed by atoms with Crippen molar-refractivity contribution in [2.24, 2.45) is 0 Å². The molecule has 2 unspecified atom stereocenters. The van der Waals surface area contributed by atoms with Gasteiger partial charge in [-0.15, -0.1) is 0 Å². The van der Waals surface area contributed by atoms with Crippen molar-refractivity contribution in [2.75, 3.05) is 0 Å². The molecule has 1 aliphatic rings. The van der Waals surface area contributed by atoms with Crippen LogP contribution in [0.5, 0.6) is 0 Å². The molecule has 0 nitrogen and oxygen atoms in total. The van der Waals surface area contributed by atoms with E-state index in [1.165, 1.54) is 114 Å². The summed E-state index contributed by atoms with van der Waals surface area (Å²) in [4.78, 5) is 0. The predicted molar refractivity (Wildman–Crippen MR) is 207 cm³/mol. The molecule has 2 rings (SSSR count). The van der Waals surface area contributed by atoms with Crippen molar-refractivity contribution in [2.45, 2.75) is 197 Å². The molecule has 0 N–H and O–H groups in total. The standard InChI is InChI=1S/C38H67Si2.3CH3.Ti/c1-11-12-13-14-15-16-17-18-19-20-21-22-23-24-25-26-27-40(10,38(6)31-33(3)34(4)35(38)5)37-29-32(2)28-36(30-37)39(7,8)9;;;;/h28-30H,11-27H2,1-10H3;3*1H3;. The predicted octanol–water partition coefficient (Wildman–Crippen LogP) is 13.8. The normalized spacial score (nSPS) is 19.3. The first kappa shape index (κ1) is 40.0. The van der Waals surface area contributed by atoms with Crippen LogP contribution in [0.25, 0.3) is 0 Å². The van der Waals surface area contributed by atoms with Gasteiger partial charge in [-0.25, -0.2) is 0 Å². The van der Waals surface area contributed by atoms with Gasteiger partial charge in [0.1, 0.15) is 0 Å². The minimum atomic E-state index is -2.12. The number of rotatable bonds is 21. The Labute approximate surface area is 283 Å². The van der Waals surface area contributed by atoms with Crippen molar-refractivity contribution in [1.29, 1.82) is 0 Å². The molecule has 0 saturated heterocycles. The second-order valence-corrected chi connectivity index (χ2v) is 35.0. The van der Waals surface area contributed by atoms with Gasteiger partial charge in [-0.3, -0.25) is 0 Å². The fourth-order valence-corrected chi connectivity index (χ4v) is 22.7. The molecule has 0 radical (unpaired) electrons. The SMILES string of the molecule is CCCCCCCCCCCCCCCCCC[Si](C)(c1cc(C)cc([Si](C)(C)C)c1)C1(C)C(C)=C(C)C(C)=[C]1[Ti]([CH3])([CH3])[CH3]. The molecule has 0 amide bonds. The van der Waals surface area contributed by atoms with Crippen LogP contribution in [0.3, 0.4) is 0 Å². The van der Waals surface area contributed by atoms with E-state index >= 15 is 0 Å². The third kappa shape index (κ3) is 10.4. The summed E-state index contributed by atoms with van der Waals surface area (Å²) < 4.78 is 1.93. The summed E-state index contributed by atoms with van der Waals surface area (Å²) >= 11 is -2.12. The van der Waals surface area contributed by atoms with Crippen molar-refractivity contribution in [3.05, 3.63) is 44.4 Å². The number of hydrogen-bond acceptors (Lipinski definition) is 0. The van der Waals surface area contributed by atoms with Gasteiger partial charge in [-0.1, -0.05) is 58.3 Å². The molecule has 2 atom stereocenters. The van der Waals surface area contributed by atoms with E-state index in [1.54, 1.807) is 27.1 Å². The van der Waals surface area contributed by atoms with Crippen molar-refractivity contribution in [3.8, 4) is 0 Å². The molecule has 0 bridgehead atoms. The Balaban J connectivity index is 2.06. The van der Waals surface area contributed by atoms with E-state index in [2.05, 4.69) is 102 Å². The molecule has 0 aliphatic heterocycles. The number of benzene rings is 1. The summed E-state index contributed by atoms with van der Waals surface area (Å²) in [7, 11) is -3.33.